The van der Waals surface area contributed by atoms with Crippen LogP contribution in [-0.2, 0) is 32.7 Å². The lowest BCUT2D eigenvalue weighted by molar-refractivity contribution is -0.161. The second-order valence-electron chi connectivity index (χ2n) is 13.3. The Kier molecular flexibility index (Phi) is 38.4. The molecular formula is C46H73O10P. The molecule has 0 fully saturated rings. The summed E-state index contributed by atoms with van der Waals surface area (Å²) in [6.45, 7) is 2.02. The monoisotopic (exact) mass is 816 g/mol. The van der Waals surface area contributed by atoms with E-state index in [2.05, 4.69) is 103 Å². The summed E-state index contributed by atoms with van der Waals surface area (Å²) < 4.78 is 32.6. The van der Waals surface area contributed by atoms with Crippen molar-refractivity contribution in [3.8, 4) is 0 Å². The van der Waals surface area contributed by atoms with Gasteiger partial charge in [-0.1, -0.05) is 142 Å². The molecule has 3 N–H and O–H groups in total. The molecule has 0 aliphatic heterocycles. The number of allylic oxidation sites excluding steroid dienone is 18. The van der Waals surface area contributed by atoms with Gasteiger partial charge in [-0.25, -0.2) is 4.57 Å². The minimum Gasteiger partial charge on any atom is -0.462 e. The number of ether oxygens (including phenoxy) is 2. The molecule has 0 aromatic heterocycles. The smallest absolute Gasteiger partial charge is 0.462 e. The van der Waals surface area contributed by atoms with Gasteiger partial charge in [0.2, 0.25) is 0 Å². The van der Waals surface area contributed by atoms with E-state index in [0.29, 0.717) is 12.8 Å². The van der Waals surface area contributed by atoms with Crippen LogP contribution in [0.1, 0.15) is 129 Å². The van der Waals surface area contributed by atoms with Crippen LogP contribution in [0.3, 0.4) is 0 Å². The van der Waals surface area contributed by atoms with Crippen LogP contribution in [0.15, 0.2) is 109 Å². The first kappa shape index (κ1) is 53.6. The topological polar surface area (TPSA) is 149 Å². The van der Waals surface area contributed by atoms with E-state index < -0.39 is 51.8 Å². The number of esters is 2. The zero-order valence-corrected chi connectivity index (χ0v) is 35.6. The number of phosphoric ester groups is 1. The van der Waals surface area contributed by atoms with Gasteiger partial charge in [-0.15, -0.1) is 0 Å². The largest absolute Gasteiger partial charge is 0.472 e. The first-order valence-electron chi connectivity index (χ1n) is 20.9. The molecule has 0 radical (unpaired) electrons. The SMILES string of the molecule is CC/C=C/C=C/C=C/CCCCCCCC(=O)OC(COC(=O)CCCC/C=C/C/C=C/C/C=C/C/C=C/C/C=C/C/C=C/CC)COP(=O)(O)OC[C@H](O)CO. The predicted octanol–water partition coefficient (Wildman–Crippen LogP) is 11.0. The number of aliphatic hydroxyl groups excluding tert-OH is 2. The summed E-state index contributed by atoms with van der Waals surface area (Å²) in [4.78, 5) is 34.9. The third-order valence-corrected chi connectivity index (χ3v) is 8.93. The van der Waals surface area contributed by atoms with E-state index in [0.717, 1.165) is 89.9 Å². The van der Waals surface area contributed by atoms with E-state index >= 15 is 0 Å². The van der Waals surface area contributed by atoms with Crippen LogP contribution < -0.4 is 0 Å². The van der Waals surface area contributed by atoms with Gasteiger partial charge in [-0.2, -0.15) is 0 Å². The second kappa shape index (κ2) is 40.8. The van der Waals surface area contributed by atoms with Crippen LogP contribution in [-0.4, -0.2) is 65.7 Å². The fourth-order valence-electron chi connectivity index (χ4n) is 4.82. The average molecular weight is 817 g/mol. The van der Waals surface area contributed by atoms with Crippen LogP contribution in [0, 0.1) is 0 Å². The normalized spacial score (nSPS) is 15.0. The molecule has 0 aliphatic carbocycles. The number of hydrogen-bond donors (Lipinski definition) is 3. The highest BCUT2D eigenvalue weighted by atomic mass is 31.2. The summed E-state index contributed by atoms with van der Waals surface area (Å²) in [7, 11) is -4.64. The molecule has 322 valence electrons. The summed E-state index contributed by atoms with van der Waals surface area (Å²) in [6, 6.07) is 0. The van der Waals surface area contributed by atoms with Crippen molar-refractivity contribution >= 4 is 19.8 Å². The van der Waals surface area contributed by atoms with Gasteiger partial charge in [0, 0.05) is 12.8 Å². The Morgan fingerprint density at radius 3 is 1.60 bits per heavy atom. The lowest BCUT2D eigenvalue weighted by Crippen LogP contribution is -2.29. The zero-order valence-electron chi connectivity index (χ0n) is 34.7. The molecule has 2 unspecified atom stereocenters. The number of carbonyl (C=O) groups excluding carboxylic acids is 2. The summed E-state index contributed by atoms with van der Waals surface area (Å²) in [5, 5.41) is 18.3. The van der Waals surface area contributed by atoms with Gasteiger partial charge in [0.1, 0.15) is 12.7 Å². The number of aliphatic hydroxyl groups is 2. The highest BCUT2D eigenvalue weighted by Crippen LogP contribution is 2.43. The molecule has 10 nitrogen and oxygen atoms in total. The van der Waals surface area contributed by atoms with Crippen LogP contribution >= 0.6 is 7.82 Å². The van der Waals surface area contributed by atoms with Crippen molar-refractivity contribution in [2.24, 2.45) is 0 Å². The summed E-state index contributed by atoms with van der Waals surface area (Å²) in [5.74, 6) is -1.01. The molecule has 0 heterocycles. The summed E-state index contributed by atoms with van der Waals surface area (Å²) in [5.41, 5.74) is 0. The molecule has 57 heavy (non-hydrogen) atoms. The van der Waals surface area contributed by atoms with Crippen LogP contribution in [0.2, 0.25) is 0 Å². The summed E-state index contributed by atoms with van der Waals surface area (Å²) in [6.07, 6.45) is 50.6. The molecule has 0 saturated carbocycles. The Morgan fingerprint density at radius 2 is 1.00 bits per heavy atom. The van der Waals surface area contributed by atoms with E-state index in [1.54, 1.807) is 0 Å². The van der Waals surface area contributed by atoms with E-state index in [-0.39, 0.29) is 19.4 Å². The molecule has 0 aliphatic rings. The molecule has 0 spiro atoms. The number of unbranched alkanes of at least 4 members (excludes halogenated alkanes) is 7. The van der Waals surface area contributed by atoms with E-state index in [1.165, 1.54) is 0 Å². The van der Waals surface area contributed by atoms with Crippen molar-refractivity contribution < 1.29 is 47.8 Å². The van der Waals surface area contributed by atoms with Gasteiger partial charge in [0.15, 0.2) is 6.10 Å². The molecule has 0 amide bonds. The fraction of sp³-hybridized carbons (Fsp3) is 0.565. The van der Waals surface area contributed by atoms with Gasteiger partial charge in [0.25, 0.3) is 0 Å². The maximum absolute atomic E-state index is 12.6. The average Bonchev–Trinajstić information content (AvgIpc) is 3.20. The minimum atomic E-state index is -4.64. The first-order valence-corrected chi connectivity index (χ1v) is 22.4. The Balaban J connectivity index is 4.43. The third-order valence-electron chi connectivity index (χ3n) is 7.98. The van der Waals surface area contributed by atoms with Crippen molar-refractivity contribution in [3.63, 3.8) is 0 Å². The maximum Gasteiger partial charge on any atom is 0.472 e. The number of phosphoric acid groups is 1. The molecule has 11 heteroatoms. The fourth-order valence-corrected chi connectivity index (χ4v) is 5.61. The molecular weight excluding hydrogens is 743 g/mol. The quantitative estimate of drug-likeness (QED) is 0.0182. The number of hydrogen-bond acceptors (Lipinski definition) is 9. The first-order chi connectivity index (χ1) is 27.7. The van der Waals surface area contributed by atoms with Gasteiger partial charge >= 0.3 is 19.8 Å². The van der Waals surface area contributed by atoms with Crippen LogP contribution in [0.5, 0.6) is 0 Å². The van der Waals surface area contributed by atoms with Crippen LogP contribution in [0.4, 0.5) is 0 Å². The third kappa shape index (κ3) is 40.6. The minimum absolute atomic E-state index is 0.144. The maximum atomic E-state index is 12.6. The van der Waals surface area contributed by atoms with E-state index in [4.69, 9.17) is 19.1 Å². The van der Waals surface area contributed by atoms with Crippen molar-refractivity contribution in [1.29, 1.82) is 0 Å². The lowest BCUT2D eigenvalue weighted by Gasteiger charge is -2.20. The van der Waals surface area contributed by atoms with Crippen molar-refractivity contribution in [3.05, 3.63) is 109 Å². The standard InChI is InChI=1S/C46H73O10P/c1-3-5-7-9-11-13-15-17-18-19-20-21-22-23-24-26-27-29-31-33-35-37-45(49)53-41-44(42-55-57(51,52)54-40-43(48)39-47)56-46(50)38-36-34-32-30-28-25-16-14-12-10-8-6-4-2/h5-8,10-14,16-18,20-21,23-24,27,29,43-44,47-48H,3-4,9,15,19,22,25-26,28,30-42H2,1-2H3,(H,51,52)/b7-5+,8-6+,12-10+,13-11+,16-14+,18-17+,21-20+,24-23+,29-27+/t43-,44?/m1/s1. The van der Waals surface area contributed by atoms with Gasteiger partial charge in [0.05, 0.1) is 19.8 Å². The highest BCUT2D eigenvalue weighted by Gasteiger charge is 2.27. The Morgan fingerprint density at radius 1 is 0.544 bits per heavy atom. The Labute approximate surface area is 344 Å². The van der Waals surface area contributed by atoms with Crippen molar-refractivity contribution in [2.45, 2.75) is 142 Å². The Hall–Kier alpha value is -3.37. The molecule has 0 rings (SSSR count). The van der Waals surface area contributed by atoms with Gasteiger partial charge in [-0.05, 0) is 83.5 Å². The van der Waals surface area contributed by atoms with Gasteiger partial charge in [-0.3, -0.25) is 18.6 Å². The van der Waals surface area contributed by atoms with E-state index in [9.17, 15) is 24.2 Å². The molecule has 0 saturated heterocycles. The Bertz CT molecular complexity index is 1310. The zero-order chi connectivity index (χ0) is 41.9. The second-order valence-corrected chi connectivity index (χ2v) is 14.8. The molecule has 0 aromatic rings. The van der Waals surface area contributed by atoms with E-state index in [1.807, 2.05) is 24.3 Å². The molecule has 3 atom stereocenters. The highest BCUT2D eigenvalue weighted by molar-refractivity contribution is 7.47. The molecule has 0 aromatic carbocycles. The number of rotatable bonds is 37. The van der Waals surface area contributed by atoms with Crippen LogP contribution in [0.25, 0.3) is 0 Å². The number of carbonyl (C=O) groups is 2. The lowest BCUT2D eigenvalue weighted by atomic mass is 10.1. The summed E-state index contributed by atoms with van der Waals surface area (Å²) >= 11 is 0. The molecule has 0 bridgehead atoms. The van der Waals surface area contributed by atoms with Crippen molar-refractivity contribution in [2.75, 3.05) is 26.4 Å². The van der Waals surface area contributed by atoms with Gasteiger partial charge < -0.3 is 24.6 Å². The predicted molar refractivity (Wildman–Crippen MR) is 232 cm³/mol. The van der Waals surface area contributed by atoms with Crippen molar-refractivity contribution in [1.82, 2.24) is 0 Å².